The molecule has 132 valence electrons. The van der Waals surface area contributed by atoms with E-state index in [1.54, 1.807) is 0 Å². The number of nitrogens with one attached hydrogen (secondary N) is 1. The van der Waals surface area contributed by atoms with E-state index in [0.29, 0.717) is 6.54 Å². The van der Waals surface area contributed by atoms with Crippen LogP contribution in [0.2, 0.25) is 5.02 Å². The lowest BCUT2D eigenvalue weighted by atomic mass is 9.87. The van der Waals surface area contributed by atoms with Gasteiger partial charge in [0.05, 0.1) is 6.04 Å². The van der Waals surface area contributed by atoms with Gasteiger partial charge in [-0.1, -0.05) is 55.8 Å². The molecule has 1 aliphatic carbocycles. The van der Waals surface area contributed by atoms with Crippen LogP contribution in [0, 0.1) is 5.92 Å². The Bertz CT molecular complexity index is 542. The molecule has 1 aliphatic heterocycles. The number of carbonyl (C=O) groups excluding carboxylic acids is 1. The number of rotatable bonds is 6. The first-order valence-corrected chi connectivity index (χ1v) is 9.86. The van der Waals surface area contributed by atoms with Crippen LogP contribution in [0.5, 0.6) is 0 Å². The molecule has 1 saturated heterocycles. The third kappa shape index (κ3) is 4.97. The molecule has 0 radical (unpaired) electrons. The van der Waals surface area contributed by atoms with Crippen molar-refractivity contribution in [2.75, 3.05) is 13.1 Å². The number of hydrogen-bond acceptors (Lipinski definition) is 2. The molecule has 1 saturated carbocycles. The summed E-state index contributed by atoms with van der Waals surface area (Å²) in [5.74, 6) is 1.06. The average Bonchev–Trinajstić information content (AvgIpc) is 3.07. The van der Waals surface area contributed by atoms with Crippen LogP contribution in [-0.2, 0) is 11.3 Å². The third-order valence-corrected chi connectivity index (χ3v) is 5.81. The van der Waals surface area contributed by atoms with Crippen LogP contribution in [-0.4, -0.2) is 29.9 Å². The van der Waals surface area contributed by atoms with E-state index in [2.05, 4.69) is 10.2 Å². The predicted octanol–water partition coefficient (Wildman–Crippen LogP) is 4.39. The molecule has 1 heterocycles. The zero-order valence-corrected chi connectivity index (χ0v) is 15.2. The fourth-order valence-electron chi connectivity index (χ4n) is 4.17. The number of halogens is 1. The van der Waals surface area contributed by atoms with Gasteiger partial charge in [0.25, 0.3) is 0 Å². The van der Waals surface area contributed by atoms with Gasteiger partial charge in [-0.05, 0) is 56.0 Å². The first-order chi connectivity index (χ1) is 11.7. The minimum absolute atomic E-state index is 0.0628. The molecule has 2 fully saturated rings. The lowest BCUT2D eigenvalue weighted by Gasteiger charge is -2.27. The molecule has 2 aliphatic rings. The van der Waals surface area contributed by atoms with Gasteiger partial charge >= 0.3 is 0 Å². The molecule has 0 aromatic heterocycles. The Morgan fingerprint density at radius 1 is 1.17 bits per heavy atom. The highest BCUT2D eigenvalue weighted by molar-refractivity contribution is 6.30. The van der Waals surface area contributed by atoms with Crippen LogP contribution in [0.1, 0.15) is 56.9 Å². The molecule has 1 atom stereocenters. The van der Waals surface area contributed by atoms with Gasteiger partial charge in [0.15, 0.2) is 0 Å². The third-order valence-electron chi connectivity index (χ3n) is 5.57. The van der Waals surface area contributed by atoms with Crippen LogP contribution >= 0.6 is 11.6 Å². The fraction of sp³-hybridized carbons (Fsp3) is 0.650. The van der Waals surface area contributed by atoms with Gasteiger partial charge in [0, 0.05) is 11.6 Å². The summed E-state index contributed by atoms with van der Waals surface area (Å²) < 4.78 is 0. The van der Waals surface area contributed by atoms with Gasteiger partial charge in [-0.25, -0.2) is 0 Å². The van der Waals surface area contributed by atoms with Gasteiger partial charge in [-0.15, -0.1) is 0 Å². The van der Waals surface area contributed by atoms with Gasteiger partial charge in [-0.2, -0.15) is 0 Å². The maximum Gasteiger partial charge on any atom is 0.237 e. The van der Waals surface area contributed by atoms with Gasteiger partial charge in [0.1, 0.15) is 0 Å². The predicted molar refractivity (Wildman–Crippen MR) is 99.1 cm³/mol. The van der Waals surface area contributed by atoms with E-state index >= 15 is 0 Å². The number of benzene rings is 1. The van der Waals surface area contributed by atoms with Crippen LogP contribution < -0.4 is 5.32 Å². The molecule has 1 aromatic carbocycles. The van der Waals surface area contributed by atoms with E-state index in [0.717, 1.165) is 42.4 Å². The normalized spacial score (nSPS) is 22.6. The quantitative estimate of drug-likeness (QED) is 0.826. The van der Waals surface area contributed by atoms with E-state index in [4.69, 9.17) is 11.6 Å². The molecule has 0 bridgehead atoms. The van der Waals surface area contributed by atoms with E-state index < -0.39 is 0 Å². The summed E-state index contributed by atoms with van der Waals surface area (Å²) in [6.45, 7) is 2.72. The summed E-state index contributed by atoms with van der Waals surface area (Å²) in [4.78, 5) is 15.0. The second-order valence-electron chi connectivity index (χ2n) is 7.33. The Balaban J connectivity index is 1.46. The number of amides is 1. The summed E-state index contributed by atoms with van der Waals surface area (Å²) in [5.41, 5.74) is 1.06. The Morgan fingerprint density at radius 3 is 2.79 bits per heavy atom. The SMILES string of the molecule is O=C(NCc1cccc(Cl)c1)[C@@H]1CCCN1CCC1CCCCC1. The van der Waals surface area contributed by atoms with Crippen molar-refractivity contribution in [1.82, 2.24) is 10.2 Å². The van der Waals surface area contributed by atoms with Crippen molar-refractivity contribution >= 4 is 17.5 Å². The minimum Gasteiger partial charge on any atom is -0.351 e. The van der Waals surface area contributed by atoms with Crippen molar-refractivity contribution in [2.45, 2.75) is 64.0 Å². The monoisotopic (exact) mass is 348 g/mol. The van der Waals surface area contributed by atoms with Gasteiger partial charge < -0.3 is 5.32 Å². The smallest absolute Gasteiger partial charge is 0.237 e. The second kappa shape index (κ2) is 8.87. The molecule has 3 rings (SSSR count). The summed E-state index contributed by atoms with van der Waals surface area (Å²) in [6.07, 6.45) is 10.4. The lowest BCUT2D eigenvalue weighted by Crippen LogP contribution is -2.43. The molecular weight excluding hydrogens is 320 g/mol. The van der Waals surface area contributed by atoms with Crippen LogP contribution in [0.3, 0.4) is 0 Å². The first-order valence-electron chi connectivity index (χ1n) is 9.48. The number of hydrogen-bond donors (Lipinski definition) is 1. The Labute approximate surface area is 150 Å². The minimum atomic E-state index is 0.0628. The first kappa shape index (κ1) is 17.8. The maximum atomic E-state index is 12.6. The molecule has 0 spiro atoms. The summed E-state index contributed by atoms with van der Waals surface area (Å²) in [6, 6.07) is 7.76. The van der Waals surface area contributed by atoms with Crippen molar-refractivity contribution in [1.29, 1.82) is 0 Å². The molecule has 1 amide bonds. The Morgan fingerprint density at radius 2 is 2.00 bits per heavy atom. The van der Waals surface area contributed by atoms with E-state index in [1.165, 1.54) is 38.5 Å². The standard InChI is InChI=1S/C20H29ClN2O/c21-18-9-4-8-17(14-18)15-22-20(24)19-10-5-12-23(19)13-11-16-6-2-1-3-7-16/h4,8-9,14,16,19H,1-3,5-7,10-13,15H2,(H,22,24)/t19-/m0/s1. The lowest BCUT2D eigenvalue weighted by molar-refractivity contribution is -0.125. The summed E-state index contributed by atoms with van der Waals surface area (Å²) in [7, 11) is 0. The van der Waals surface area contributed by atoms with Crippen molar-refractivity contribution in [3.05, 3.63) is 34.9 Å². The Hall–Kier alpha value is -1.06. The van der Waals surface area contributed by atoms with Crippen LogP contribution in [0.25, 0.3) is 0 Å². The zero-order chi connectivity index (χ0) is 16.8. The fourth-order valence-corrected chi connectivity index (χ4v) is 4.38. The molecule has 3 nitrogen and oxygen atoms in total. The van der Waals surface area contributed by atoms with Crippen molar-refractivity contribution < 1.29 is 4.79 Å². The number of carbonyl (C=O) groups is 1. The number of nitrogens with zero attached hydrogens (tertiary/aromatic N) is 1. The maximum absolute atomic E-state index is 12.6. The Kier molecular flexibility index (Phi) is 6.56. The van der Waals surface area contributed by atoms with Crippen LogP contribution in [0.4, 0.5) is 0 Å². The highest BCUT2D eigenvalue weighted by Gasteiger charge is 2.30. The summed E-state index contributed by atoms with van der Waals surface area (Å²) in [5, 5.41) is 3.82. The molecule has 1 aromatic rings. The molecular formula is C20H29ClN2O. The zero-order valence-electron chi connectivity index (χ0n) is 14.5. The highest BCUT2D eigenvalue weighted by Crippen LogP contribution is 2.28. The summed E-state index contributed by atoms with van der Waals surface area (Å²) >= 11 is 6.00. The number of likely N-dealkylation sites (tertiary alicyclic amines) is 1. The van der Waals surface area contributed by atoms with E-state index in [-0.39, 0.29) is 11.9 Å². The second-order valence-corrected chi connectivity index (χ2v) is 7.77. The van der Waals surface area contributed by atoms with E-state index in [9.17, 15) is 4.79 Å². The average molecular weight is 349 g/mol. The molecule has 4 heteroatoms. The van der Waals surface area contributed by atoms with Crippen molar-refractivity contribution in [3.8, 4) is 0 Å². The van der Waals surface area contributed by atoms with E-state index in [1.807, 2.05) is 24.3 Å². The van der Waals surface area contributed by atoms with Gasteiger partial charge in [-0.3, -0.25) is 9.69 Å². The topological polar surface area (TPSA) is 32.3 Å². The van der Waals surface area contributed by atoms with Gasteiger partial charge in [0.2, 0.25) is 5.91 Å². The highest BCUT2D eigenvalue weighted by atomic mass is 35.5. The molecule has 1 N–H and O–H groups in total. The molecule has 24 heavy (non-hydrogen) atoms. The van der Waals surface area contributed by atoms with Crippen LogP contribution in [0.15, 0.2) is 24.3 Å². The molecule has 0 unspecified atom stereocenters. The largest absolute Gasteiger partial charge is 0.351 e. The van der Waals surface area contributed by atoms with Crippen molar-refractivity contribution in [3.63, 3.8) is 0 Å². The van der Waals surface area contributed by atoms with Crippen molar-refractivity contribution in [2.24, 2.45) is 5.92 Å².